The first kappa shape index (κ1) is 22.1. The fourth-order valence-corrected chi connectivity index (χ4v) is 5.92. The van der Waals surface area contributed by atoms with Crippen LogP contribution in [0.5, 0.6) is 0 Å². The highest BCUT2D eigenvalue weighted by Crippen LogP contribution is 2.40. The SMILES string of the molecule is Clc1nc(-c2cccc(-c3cccc4c3c3ccccc3n4-c3ccccc3)c2)c2c(n1)oc1ccccc12. The topological polar surface area (TPSA) is 43.9 Å². The third kappa shape index (κ3) is 3.39. The van der Waals surface area contributed by atoms with Gasteiger partial charge in [-0.15, -0.1) is 0 Å². The fraction of sp³-hybridized carbons (Fsp3) is 0. The number of fused-ring (bicyclic) bond motifs is 6. The quantitative estimate of drug-likeness (QED) is 0.217. The maximum Gasteiger partial charge on any atom is 0.232 e. The Morgan fingerprint density at radius 1 is 0.590 bits per heavy atom. The number of hydrogen-bond donors (Lipinski definition) is 0. The Balaban J connectivity index is 1.40. The van der Waals surface area contributed by atoms with Crippen molar-refractivity contribution in [3.8, 4) is 28.1 Å². The first-order valence-corrected chi connectivity index (χ1v) is 13.2. The lowest BCUT2D eigenvalue weighted by molar-refractivity contribution is 0.653. The standard InChI is InChI=1S/C34H20ClN3O/c35-34-36-32(31-26-15-5-7-19-29(26)39-33(31)37-34)22-11-8-10-21(20-22)24-16-9-18-28-30(24)25-14-4-6-17-27(25)38(28)23-12-2-1-3-13-23/h1-20H. The summed E-state index contributed by atoms with van der Waals surface area (Å²) in [6.45, 7) is 0. The molecule has 0 aliphatic heterocycles. The second-order valence-electron chi connectivity index (χ2n) is 9.59. The summed E-state index contributed by atoms with van der Waals surface area (Å²) in [6, 6.07) is 42.0. The average Bonchev–Trinajstić information content (AvgIpc) is 3.53. The zero-order valence-corrected chi connectivity index (χ0v) is 21.4. The van der Waals surface area contributed by atoms with E-state index in [0.717, 1.165) is 44.4 Å². The molecule has 0 aliphatic rings. The molecular weight excluding hydrogens is 502 g/mol. The minimum Gasteiger partial charge on any atom is -0.438 e. The first-order valence-electron chi connectivity index (χ1n) is 12.8. The lowest BCUT2D eigenvalue weighted by Gasteiger charge is -2.10. The highest BCUT2D eigenvalue weighted by molar-refractivity contribution is 6.29. The van der Waals surface area contributed by atoms with E-state index in [4.69, 9.17) is 16.0 Å². The molecule has 0 amide bonds. The van der Waals surface area contributed by atoms with E-state index < -0.39 is 0 Å². The Hall–Kier alpha value is -4.93. The van der Waals surface area contributed by atoms with E-state index in [0.29, 0.717) is 5.71 Å². The van der Waals surface area contributed by atoms with Crippen LogP contribution >= 0.6 is 11.6 Å². The van der Waals surface area contributed by atoms with Gasteiger partial charge in [0.25, 0.3) is 0 Å². The molecule has 0 radical (unpaired) electrons. The molecule has 3 heterocycles. The molecule has 0 saturated carbocycles. The second-order valence-corrected chi connectivity index (χ2v) is 9.93. The van der Waals surface area contributed by atoms with Gasteiger partial charge in [-0.2, -0.15) is 4.98 Å². The highest BCUT2D eigenvalue weighted by atomic mass is 35.5. The molecule has 39 heavy (non-hydrogen) atoms. The highest BCUT2D eigenvalue weighted by Gasteiger charge is 2.19. The Bertz CT molecular complexity index is 2190. The van der Waals surface area contributed by atoms with Gasteiger partial charge in [0.2, 0.25) is 11.0 Å². The second kappa shape index (κ2) is 8.55. The Morgan fingerprint density at radius 2 is 1.31 bits per heavy atom. The lowest BCUT2D eigenvalue weighted by Crippen LogP contribution is -1.93. The number of nitrogens with zero attached hydrogens (tertiary/aromatic N) is 3. The largest absolute Gasteiger partial charge is 0.438 e. The van der Waals surface area contributed by atoms with Gasteiger partial charge < -0.3 is 8.98 Å². The van der Waals surface area contributed by atoms with Crippen LogP contribution in [-0.2, 0) is 0 Å². The van der Waals surface area contributed by atoms with Crippen LogP contribution in [0.3, 0.4) is 0 Å². The van der Waals surface area contributed by atoms with Crippen molar-refractivity contribution in [3.63, 3.8) is 0 Å². The van der Waals surface area contributed by atoms with Crippen LogP contribution in [0.4, 0.5) is 0 Å². The number of aromatic nitrogens is 3. The van der Waals surface area contributed by atoms with Crippen molar-refractivity contribution in [2.24, 2.45) is 0 Å². The molecule has 8 aromatic rings. The van der Waals surface area contributed by atoms with Gasteiger partial charge in [0.05, 0.1) is 22.1 Å². The molecule has 184 valence electrons. The third-order valence-electron chi connectivity index (χ3n) is 7.37. The number of furan rings is 1. The molecule has 0 atom stereocenters. The summed E-state index contributed by atoms with van der Waals surface area (Å²) in [6.07, 6.45) is 0. The first-order chi connectivity index (χ1) is 19.3. The maximum absolute atomic E-state index is 6.38. The molecule has 5 heteroatoms. The molecule has 0 unspecified atom stereocenters. The molecular formula is C34H20ClN3O. The summed E-state index contributed by atoms with van der Waals surface area (Å²) >= 11 is 6.38. The predicted octanol–water partition coefficient (Wildman–Crippen LogP) is 9.46. The Morgan fingerprint density at radius 3 is 2.21 bits per heavy atom. The maximum atomic E-state index is 6.38. The van der Waals surface area contributed by atoms with Gasteiger partial charge in [-0.05, 0) is 59.1 Å². The molecule has 3 aromatic heterocycles. The number of para-hydroxylation sites is 3. The van der Waals surface area contributed by atoms with Crippen LogP contribution in [0.1, 0.15) is 0 Å². The van der Waals surface area contributed by atoms with Crippen LogP contribution < -0.4 is 0 Å². The van der Waals surface area contributed by atoms with Crippen molar-refractivity contribution in [1.82, 2.24) is 14.5 Å². The molecule has 4 nitrogen and oxygen atoms in total. The van der Waals surface area contributed by atoms with Crippen LogP contribution in [-0.4, -0.2) is 14.5 Å². The molecule has 0 aliphatic carbocycles. The molecule has 5 aromatic carbocycles. The molecule has 8 rings (SSSR count). The number of hydrogen-bond acceptors (Lipinski definition) is 3. The molecule has 0 saturated heterocycles. The van der Waals surface area contributed by atoms with Crippen LogP contribution in [0, 0.1) is 0 Å². The van der Waals surface area contributed by atoms with E-state index in [2.05, 4.69) is 106 Å². The van der Waals surface area contributed by atoms with Crippen LogP contribution in [0.25, 0.3) is 71.9 Å². The number of rotatable bonds is 3. The minimum atomic E-state index is 0.162. The molecule has 0 bridgehead atoms. The minimum absolute atomic E-state index is 0.162. The fourth-order valence-electron chi connectivity index (χ4n) is 5.76. The van der Waals surface area contributed by atoms with Crippen LogP contribution in [0.15, 0.2) is 126 Å². The smallest absolute Gasteiger partial charge is 0.232 e. The Kier molecular flexibility index (Phi) is 4.84. The van der Waals surface area contributed by atoms with Crippen molar-refractivity contribution in [3.05, 3.63) is 127 Å². The Labute approximate surface area is 228 Å². The van der Waals surface area contributed by atoms with Crippen LogP contribution in [0.2, 0.25) is 5.28 Å². The van der Waals surface area contributed by atoms with E-state index in [1.165, 1.54) is 21.8 Å². The molecule has 0 spiro atoms. The predicted molar refractivity (Wildman–Crippen MR) is 160 cm³/mol. The van der Waals surface area contributed by atoms with Gasteiger partial charge in [0, 0.05) is 27.4 Å². The zero-order chi connectivity index (χ0) is 25.9. The summed E-state index contributed by atoms with van der Waals surface area (Å²) in [5.74, 6) is 0. The monoisotopic (exact) mass is 521 g/mol. The summed E-state index contributed by atoms with van der Waals surface area (Å²) in [7, 11) is 0. The summed E-state index contributed by atoms with van der Waals surface area (Å²) in [5, 5.41) is 4.43. The van der Waals surface area contributed by atoms with E-state index in [1.807, 2.05) is 30.3 Å². The van der Waals surface area contributed by atoms with Crippen molar-refractivity contribution in [2.45, 2.75) is 0 Å². The van der Waals surface area contributed by atoms with Gasteiger partial charge in [-0.25, -0.2) is 4.98 Å². The van der Waals surface area contributed by atoms with E-state index in [9.17, 15) is 0 Å². The van der Waals surface area contributed by atoms with E-state index in [-0.39, 0.29) is 5.28 Å². The van der Waals surface area contributed by atoms with Gasteiger partial charge in [-0.1, -0.05) is 84.9 Å². The summed E-state index contributed by atoms with van der Waals surface area (Å²) in [5.41, 5.74) is 8.71. The van der Waals surface area contributed by atoms with E-state index >= 15 is 0 Å². The zero-order valence-electron chi connectivity index (χ0n) is 20.7. The van der Waals surface area contributed by atoms with Gasteiger partial charge in [0.1, 0.15) is 5.58 Å². The van der Waals surface area contributed by atoms with Crippen molar-refractivity contribution >= 4 is 55.5 Å². The van der Waals surface area contributed by atoms with Gasteiger partial charge in [-0.3, -0.25) is 0 Å². The molecule has 0 N–H and O–H groups in total. The summed E-state index contributed by atoms with van der Waals surface area (Å²) < 4.78 is 8.36. The van der Waals surface area contributed by atoms with E-state index in [1.54, 1.807) is 0 Å². The van der Waals surface area contributed by atoms with Crippen molar-refractivity contribution < 1.29 is 4.42 Å². The summed E-state index contributed by atoms with van der Waals surface area (Å²) in [4.78, 5) is 9.05. The van der Waals surface area contributed by atoms with Gasteiger partial charge in [0.15, 0.2) is 0 Å². The van der Waals surface area contributed by atoms with Crippen molar-refractivity contribution in [1.29, 1.82) is 0 Å². The van der Waals surface area contributed by atoms with Crippen molar-refractivity contribution in [2.75, 3.05) is 0 Å². The van der Waals surface area contributed by atoms with Gasteiger partial charge >= 0.3 is 0 Å². The molecule has 0 fully saturated rings. The third-order valence-corrected chi connectivity index (χ3v) is 7.54. The average molecular weight is 522 g/mol. The normalized spacial score (nSPS) is 11.7. The number of benzene rings is 5. The number of halogens is 1. The lowest BCUT2D eigenvalue weighted by atomic mass is 9.96.